The number of para-hydroxylation sites is 1. The molecule has 1 N–H and O–H groups in total. The molecule has 3 aromatic rings. The van der Waals surface area contributed by atoms with Crippen molar-refractivity contribution in [3.05, 3.63) is 80.7 Å². The first-order chi connectivity index (χ1) is 15.8. The Morgan fingerprint density at radius 3 is 2.42 bits per heavy atom. The summed E-state index contributed by atoms with van der Waals surface area (Å²) in [7, 11) is 0. The number of nitrogens with one attached hydrogen (secondary N) is 1. The molecular weight excluding hydrogens is 469 g/mol. The normalized spacial score (nSPS) is 13.8. The molecule has 0 bridgehead atoms. The number of imide groups is 1. The van der Waals surface area contributed by atoms with Crippen molar-refractivity contribution in [2.45, 2.75) is 6.92 Å². The number of aromatic nitrogens is 1. The molecule has 4 rings (SSSR count). The lowest BCUT2D eigenvalue weighted by Gasteiger charge is -2.30. The van der Waals surface area contributed by atoms with Gasteiger partial charge < -0.3 is 4.74 Å². The van der Waals surface area contributed by atoms with Crippen LogP contribution in [-0.2, 0) is 4.79 Å². The van der Waals surface area contributed by atoms with Gasteiger partial charge >= 0.3 is 6.03 Å². The minimum atomic E-state index is -0.889. The van der Waals surface area contributed by atoms with Crippen LogP contribution in [0.3, 0.4) is 0 Å². The van der Waals surface area contributed by atoms with Crippen LogP contribution in [0.15, 0.2) is 59.5 Å². The predicted molar refractivity (Wildman–Crippen MR) is 122 cm³/mol. The van der Waals surface area contributed by atoms with E-state index in [2.05, 4.69) is 5.43 Å². The lowest BCUT2D eigenvalue weighted by atomic mass is 10.2. The van der Waals surface area contributed by atoms with Gasteiger partial charge in [-0.2, -0.15) is 10.2 Å². The summed E-state index contributed by atoms with van der Waals surface area (Å²) in [6.45, 7) is 1.63. The Balaban J connectivity index is 1.66. The zero-order chi connectivity index (χ0) is 23.7. The maximum absolute atomic E-state index is 12.4. The molecule has 1 aromatic heterocycles. The molecule has 166 valence electrons. The Morgan fingerprint density at radius 2 is 1.76 bits per heavy atom. The monoisotopic (exact) mass is 483 g/mol. The number of benzene rings is 2. The zero-order valence-corrected chi connectivity index (χ0v) is 18.6. The van der Waals surface area contributed by atoms with Gasteiger partial charge in [-0.3, -0.25) is 14.2 Å². The number of hydrogen-bond donors (Lipinski definition) is 1. The number of pyridine rings is 1. The van der Waals surface area contributed by atoms with Crippen molar-refractivity contribution in [3.63, 3.8) is 0 Å². The minimum Gasteiger partial charge on any atom is -0.453 e. The molecule has 33 heavy (non-hydrogen) atoms. The van der Waals surface area contributed by atoms with E-state index in [4.69, 9.17) is 33.2 Å². The van der Waals surface area contributed by atoms with Crippen molar-refractivity contribution in [3.8, 4) is 23.4 Å². The highest BCUT2D eigenvalue weighted by atomic mass is 35.5. The first kappa shape index (κ1) is 22.4. The molecule has 1 aliphatic rings. The average Bonchev–Trinajstić information content (AvgIpc) is 2.78. The molecule has 0 saturated carbocycles. The summed E-state index contributed by atoms with van der Waals surface area (Å²) < 4.78 is 7.31. The third kappa shape index (κ3) is 4.27. The van der Waals surface area contributed by atoms with Crippen molar-refractivity contribution >= 4 is 40.8 Å². The first-order valence-corrected chi connectivity index (χ1v) is 10.3. The van der Waals surface area contributed by atoms with E-state index in [9.17, 15) is 14.4 Å². The van der Waals surface area contributed by atoms with Crippen LogP contribution in [0, 0.1) is 18.4 Å². The number of carbonyl (C=O) groups is 2. The maximum Gasteiger partial charge on any atom is 0.359 e. The summed E-state index contributed by atoms with van der Waals surface area (Å²) >= 11 is 12.7. The molecule has 11 heteroatoms. The number of halogens is 2. The molecule has 9 nitrogen and oxygen atoms in total. The summed E-state index contributed by atoms with van der Waals surface area (Å²) in [5.74, 6) is -0.266. The number of nitriles is 1. The van der Waals surface area contributed by atoms with Crippen LogP contribution in [0.1, 0.15) is 5.56 Å². The van der Waals surface area contributed by atoms with Gasteiger partial charge in [0.05, 0.1) is 34.2 Å². The molecular formula is C22H15Cl2N5O4. The molecule has 0 spiro atoms. The van der Waals surface area contributed by atoms with Gasteiger partial charge in [0.1, 0.15) is 5.75 Å². The number of urea groups is 1. The van der Waals surface area contributed by atoms with Crippen LogP contribution in [0.5, 0.6) is 11.5 Å². The van der Waals surface area contributed by atoms with E-state index in [0.717, 1.165) is 10.6 Å². The molecule has 0 aliphatic carbocycles. The van der Waals surface area contributed by atoms with Crippen LogP contribution < -0.4 is 20.7 Å². The predicted octanol–water partition coefficient (Wildman–Crippen LogP) is 4.00. The van der Waals surface area contributed by atoms with Crippen LogP contribution in [0.25, 0.3) is 5.69 Å². The summed E-state index contributed by atoms with van der Waals surface area (Å²) in [6.07, 6.45) is 3.06. The van der Waals surface area contributed by atoms with E-state index in [1.807, 2.05) is 31.2 Å². The van der Waals surface area contributed by atoms with Crippen LogP contribution in [0.4, 0.5) is 10.5 Å². The Morgan fingerprint density at radius 1 is 1.06 bits per heavy atom. The molecule has 3 amide bonds. The highest BCUT2D eigenvalue weighted by Crippen LogP contribution is 2.40. The van der Waals surface area contributed by atoms with E-state index >= 15 is 0 Å². The molecule has 2 aromatic carbocycles. The molecule has 1 aliphatic heterocycles. The Labute approximate surface area is 197 Å². The van der Waals surface area contributed by atoms with Gasteiger partial charge in [0, 0.05) is 6.07 Å². The second-order valence-corrected chi connectivity index (χ2v) is 7.80. The van der Waals surface area contributed by atoms with Gasteiger partial charge in [-0.05, 0) is 36.8 Å². The molecule has 2 heterocycles. The van der Waals surface area contributed by atoms with Gasteiger partial charge in [-0.25, -0.2) is 15.2 Å². The van der Waals surface area contributed by atoms with Gasteiger partial charge in [-0.15, -0.1) is 0 Å². The second kappa shape index (κ2) is 8.96. The Kier molecular flexibility index (Phi) is 6.07. The number of carbonyl (C=O) groups excluding carboxylic acids is 2. The lowest BCUT2D eigenvalue weighted by Crippen LogP contribution is -2.59. The third-order valence-corrected chi connectivity index (χ3v) is 5.40. The van der Waals surface area contributed by atoms with Crippen molar-refractivity contribution < 1.29 is 14.3 Å². The Bertz CT molecular complexity index is 1360. The highest BCUT2D eigenvalue weighted by Gasteiger charge is 2.34. The molecule has 0 atom stereocenters. The quantitative estimate of drug-likeness (QED) is 0.561. The Hall–Kier alpha value is -3.84. The summed E-state index contributed by atoms with van der Waals surface area (Å²) in [4.78, 5) is 36.9. The van der Waals surface area contributed by atoms with Crippen molar-refractivity contribution in [1.29, 1.82) is 5.26 Å². The standard InChI is InChI=1S/C22H15Cl2N5O4/c1-13-4-2-3-5-18(13)27-11-15(6-7-19(27)30)33-21-16(23)8-14(9-17(21)24)29-22(32)28(12-25)20(31)10-26-29/h2-9,11,26H,10H2,1H3. The second-order valence-electron chi connectivity index (χ2n) is 6.98. The van der Waals surface area contributed by atoms with E-state index in [-0.39, 0.29) is 33.6 Å². The fourth-order valence-corrected chi connectivity index (χ4v) is 3.79. The van der Waals surface area contributed by atoms with Crippen molar-refractivity contribution in [2.75, 3.05) is 11.6 Å². The van der Waals surface area contributed by atoms with E-state index in [1.165, 1.54) is 41.2 Å². The van der Waals surface area contributed by atoms with E-state index in [0.29, 0.717) is 16.3 Å². The SMILES string of the molecule is Cc1ccccc1-n1cc(Oc2c(Cl)cc(N3NCC(=O)N(C#N)C3=O)cc2Cl)ccc1=O. The topological polar surface area (TPSA) is 108 Å². The number of aryl methyl sites for hydroxylation is 1. The number of rotatable bonds is 4. The maximum atomic E-state index is 12.4. The van der Waals surface area contributed by atoms with E-state index < -0.39 is 11.9 Å². The fourth-order valence-electron chi connectivity index (χ4n) is 3.24. The number of nitrogens with zero attached hydrogens (tertiary/aromatic N) is 4. The van der Waals surface area contributed by atoms with Crippen molar-refractivity contribution in [2.24, 2.45) is 0 Å². The van der Waals surface area contributed by atoms with E-state index in [1.54, 1.807) is 0 Å². The smallest absolute Gasteiger partial charge is 0.359 e. The first-order valence-electron chi connectivity index (χ1n) is 9.56. The zero-order valence-electron chi connectivity index (χ0n) is 17.1. The largest absolute Gasteiger partial charge is 0.453 e. The number of ether oxygens (including phenoxy) is 1. The lowest BCUT2D eigenvalue weighted by molar-refractivity contribution is -0.125. The van der Waals surface area contributed by atoms with Gasteiger partial charge in [-0.1, -0.05) is 41.4 Å². The highest BCUT2D eigenvalue weighted by molar-refractivity contribution is 6.37. The van der Waals surface area contributed by atoms with Gasteiger partial charge in [0.15, 0.2) is 11.9 Å². The van der Waals surface area contributed by atoms with Crippen molar-refractivity contribution in [1.82, 2.24) is 14.9 Å². The molecule has 0 radical (unpaired) electrons. The third-order valence-electron chi connectivity index (χ3n) is 4.84. The number of amides is 3. The summed E-state index contributed by atoms with van der Waals surface area (Å²) in [5, 5.41) is 10.2. The fraction of sp³-hybridized carbons (Fsp3) is 0.0909. The van der Waals surface area contributed by atoms with Crippen LogP contribution >= 0.6 is 23.2 Å². The molecule has 0 unspecified atom stereocenters. The van der Waals surface area contributed by atoms with Gasteiger partial charge in [0.2, 0.25) is 0 Å². The number of hydrogen-bond acceptors (Lipinski definition) is 6. The van der Waals surface area contributed by atoms with Crippen LogP contribution in [0.2, 0.25) is 10.0 Å². The summed E-state index contributed by atoms with van der Waals surface area (Å²) in [5.41, 5.74) is 4.18. The number of anilines is 1. The van der Waals surface area contributed by atoms with Gasteiger partial charge in [0.25, 0.3) is 11.5 Å². The average molecular weight is 484 g/mol. The van der Waals surface area contributed by atoms with Crippen LogP contribution in [-0.4, -0.2) is 28.0 Å². The minimum absolute atomic E-state index is 0.0705. The molecule has 1 saturated heterocycles. The molecule has 1 fully saturated rings. The number of hydrazine groups is 1. The summed E-state index contributed by atoms with van der Waals surface area (Å²) in [6, 6.07) is 12.2.